The number of hydrogen-bond donors (Lipinski definition) is 1. The lowest BCUT2D eigenvalue weighted by Gasteiger charge is -1.96. The van der Waals surface area contributed by atoms with Gasteiger partial charge in [0.15, 0.2) is 0 Å². The summed E-state index contributed by atoms with van der Waals surface area (Å²) in [6, 6.07) is 1.97. The average Bonchev–Trinajstić information content (AvgIpc) is 2.39. The molecule has 1 aromatic heterocycles. The third kappa shape index (κ3) is 3.26. The summed E-state index contributed by atoms with van der Waals surface area (Å²) in [7, 11) is 1.87. The maximum Gasteiger partial charge on any atom is 0.328 e. The molecule has 0 bridgehead atoms. The van der Waals surface area contributed by atoms with Gasteiger partial charge in [-0.1, -0.05) is 6.08 Å². The Labute approximate surface area is 86.6 Å². The monoisotopic (exact) mass is 212 g/mol. The molecule has 0 spiro atoms. The highest BCUT2D eigenvalue weighted by Crippen LogP contribution is 2.17. The summed E-state index contributed by atoms with van der Waals surface area (Å²) in [5, 5.41) is 13.6. The number of aliphatic carboxylic acids is 1. The Morgan fingerprint density at radius 2 is 2.50 bits per heavy atom. The van der Waals surface area contributed by atoms with Gasteiger partial charge in [-0.15, -0.1) is 11.8 Å². The van der Waals surface area contributed by atoms with Crippen LogP contribution in [0.15, 0.2) is 23.2 Å². The molecule has 1 heterocycles. The summed E-state index contributed by atoms with van der Waals surface area (Å²) in [6.45, 7) is 1.93. The molecule has 0 aliphatic rings. The van der Waals surface area contributed by atoms with Gasteiger partial charge in [-0.25, -0.2) is 4.79 Å². The van der Waals surface area contributed by atoms with Crippen LogP contribution in [0.5, 0.6) is 0 Å². The minimum Gasteiger partial charge on any atom is -0.478 e. The molecule has 1 N–H and O–H groups in total. The summed E-state index contributed by atoms with van der Waals surface area (Å²) < 4.78 is 1.79. The van der Waals surface area contributed by atoms with Crippen molar-refractivity contribution < 1.29 is 9.90 Å². The zero-order valence-electron chi connectivity index (χ0n) is 8.10. The molecule has 0 atom stereocenters. The van der Waals surface area contributed by atoms with Gasteiger partial charge in [-0.2, -0.15) is 5.10 Å². The van der Waals surface area contributed by atoms with E-state index in [0.29, 0.717) is 5.75 Å². The molecular weight excluding hydrogens is 200 g/mol. The lowest BCUT2D eigenvalue weighted by molar-refractivity contribution is -0.131. The Morgan fingerprint density at radius 3 is 3.00 bits per heavy atom. The van der Waals surface area contributed by atoms with Crippen LogP contribution in [0.2, 0.25) is 0 Å². The minimum absolute atomic E-state index is 0.644. The van der Waals surface area contributed by atoms with E-state index in [1.807, 2.05) is 20.0 Å². The molecule has 0 saturated heterocycles. The molecular formula is C9H12N2O2S. The molecule has 76 valence electrons. The molecule has 0 aromatic carbocycles. The van der Waals surface area contributed by atoms with Crippen LogP contribution in [0.1, 0.15) is 5.69 Å². The SMILES string of the molecule is Cc1cc(SCC=CC(=O)O)n(C)n1. The Balaban J connectivity index is 2.46. The lowest BCUT2D eigenvalue weighted by Crippen LogP contribution is -1.92. The summed E-state index contributed by atoms with van der Waals surface area (Å²) >= 11 is 1.56. The van der Waals surface area contributed by atoms with Crippen LogP contribution in [0.4, 0.5) is 0 Å². The van der Waals surface area contributed by atoms with Crippen LogP contribution in [0.25, 0.3) is 0 Å². The van der Waals surface area contributed by atoms with Gasteiger partial charge < -0.3 is 5.11 Å². The number of hydrogen-bond acceptors (Lipinski definition) is 3. The topological polar surface area (TPSA) is 55.1 Å². The van der Waals surface area contributed by atoms with Crippen molar-refractivity contribution in [2.24, 2.45) is 7.05 Å². The van der Waals surface area contributed by atoms with E-state index < -0.39 is 5.97 Å². The zero-order chi connectivity index (χ0) is 10.6. The van der Waals surface area contributed by atoms with Crippen molar-refractivity contribution in [3.8, 4) is 0 Å². The highest BCUT2D eigenvalue weighted by molar-refractivity contribution is 7.99. The van der Waals surface area contributed by atoms with Gasteiger partial charge in [0, 0.05) is 18.9 Å². The second kappa shape index (κ2) is 4.85. The second-order valence-electron chi connectivity index (χ2n) is 2.80. The van der Waals surface area contributed by atoms with Crippen LogP contribution in [0.3, 0.4) is 0 Å². The number of aromatic nitrogens is 2. The Hall–Kier alpha value is -1.23. The smallest absolute Gasteiger partial charge is 0.328 e. The first-order valence-corrected chi connectivity index (χ1v) is 5.11. The Kier molecular flexibility index (Phi) is 3.76. The number of rotatable bonds is 4. The van der Waals surface area contributed by atoms with Crippen molar-refractivity contribution in [1.82, 2.24) is 9.78 Å². The summed E-state index contributed by atoms with van der Waals surface area (Å²) in [5.41, 5.74) is 0.970. The number of carboxylic acid groups (broad SMARTS) is 1. The second-order valence-corrected chi connectivity index (χ2v) is 3.84. The van der Waals surface area contributed by atoms with E-state index in [0.717, 1.165) is 16.8 Å². The van der Waals surface area contributed by atoms with Gasteiger partial charge in [0.2, 0.25) is 0 Å². The molecule has 14 heavy (non-hydrogen) atoms. The summed E-state index contributed by atoms with van der Waals surface area (Å²) in [6.07, 6.45) is 2.77. The van der Waals surface area contributed by atoms with Crippen LogP contribution >= 0.6 is 11.8 Å². The van der Waals surface area contributed by atoms with E-state index in [4.69, 9.17) is 5.11 Å². The molecule has 1 aromatic rings. The van der Waals surface area contributed by atoms with Gasteiger partial charge in [0.05, 0.1) is 10.7 Å². The predicted molar refractivity (Wildman–Crippen MR) is 55.4 cm³/mol. The highest BCUT2D eigenvalue weighted by atomic mass is 32.2. The van der Waals surface area contributed by atoms with Crippen LogP contribution in [0, 0.1) is 6.92 Å². The van der Waals surface area contributed by atoms with Gasteiger partial charge in [-0.3, -0.25) is 4.68 Å². The van der Waals surface area contributed by atoms with Gasteiger partial charge in [0.1, 0.15) is 0 Å². The molecule has 0 fully saturated rings. The van der Waals surface area contributed by atoms with Crippen molar-refractivity contribution in [2.45, 2.75) is 11.9 Å². The molecule has 0 saturated carbocycles. The predicted octanol–water partition coefficient (Wildman–Crippen LogP) is 1.46. The first kappa shape index (κ1) is 10.8. The molecule has 0 aliphatic carbocycles. The van der Waals surface area contributed by atoms with E-state index in [1.165, 1.54) is 0 Å². The van der Waals surface area contributed by atoms with E-state index in [1.54, 1.807) is 22.5 Å². The number of carbonyl (C=O) groups is 1. The standard InChI is InChI=1S/C9H12N2O2S/c1-7-6-8(11(2)10-7)14-5-3-4-9(12)13/h3-4,6H,5H2,1-2H3,(H,12,13). The maximum absolute atomic E-state index is 10.2. The van der Waals surface area contributed by atoms with Crippen molar-refractivity contribution in [3.63, 3.8) is 0 Å². The zero-order valence-corrected chi connectivity index (χ0v) is 8.91. The lowest BCUT2D eigenvalue weighted by atomic mass is 10.5. The highest BCUT2D eigenvalue weighted by Gasteiger charge is 2.00. The average molecular weight is 212 g/mol. The first-order valence-electron chi connectivity index (χ1n) is 4.12. The molecule has 0 radical (unpaired) electrons. The Morgan fingerprint density at radius 1 is 1.79 bits per heavy atom. The third-order valence-electron chi connectivity index (χ3n) is 1.55. The number of thioether (sulfide) groups is 1. The maximum atomic E-state index is 10.2. The quantitative estimate of drug-likeness (QED) is 0.606. The van der Waals surface area contributed by atoms with Crippen LogP contribution in [-0.2, 0) is 11.8 Å². The van der Waals surface area contributed by atoms with Crippen LogP contribution in [-0.4, -0.2) is 26.6 Å². The number of aryl methyl sites for hydroxylation is 2. The summed E-state index contributed by atoms with van der Waals surface area (Å²) in [5.74, 6) is -0.266. The Bertz CT molecular complexity index is 358. The van der Waals surface area contributed by atoms with Crippen molar-refractivity contribution in [1.29, 1.82) is 0 Å². The van der Waals surface area contributed by atoms with Crippen molar-refractivity contribution in [2.75, 3.05) is 5.75 Å². The first-order chi connectivity index (χ1) is 6.59. The number of nitrogens with zero attached hydrogens (tertiary/aromatic N) is 2. The van der Waals surface area contributed by atoms with E-state index in [9.17, 15) is 4.79 Å². The van der Waals surface area contributed by atoms with Gasteiger partial charge >= 0.3 is 5.97 Å². The van der Waals surface area contributed by atoms with E-state index in [-0.39, 0.29) is 0 Å². The molecule has 5 heteroatoms. The molecule has 0 amide bonds. The van der Waals surface area contributed by atoms with Crippen molar-refractivity contribution in [3.05, 3.63) is 23.9 Å². The van der Waals surface area contributed by atoms with Gasteiger partial charge in [-0.05, 0) is 13.0 Å². The fraction of sp³-hybridized carbons (Fsp3) is 0.333. The van der Waals surface area contributed by atoms with Crippen LogP contribution < -0.4 is 0 Å². The normalized spacial score (nSPS) is 11.0. The fourth-order valence-corrected chi connectivity index (χ4v) is 1.85. The molecule has 0 aliphatic heterocycles. The largest absolute Gasteiger partial charge is 0.478 e. The third-order valence-corrected chi connectivity index (χ3v) is 2.58. The van der Waals surface area contributed by atoms with Crippen molar-refractivity contribution >= 4 is 17.7 Å². The molecule has 0 unspecified atom stereocenters. The molecule has 1 rings (SSSR count). The minimum atomic E-state index is -0.910. The molecule has 4 nitrogen and oxygen atoms in total. The van der Waals surface area contributed by atoms with Gasteiger partial charge in [0.25, 0.3) is 0 Å². The summed E-state index contributed by atoms with van der Waals surface area (Å²) in [4.78, 5) is 10.2. The van der Waals surface area contributed by atoms with E-state index in [2.05, 4.69) is 5.10 Å². The number of carboxylic acids is 1. The van der Waals surface area contributed by atoms with E-state index >= 15 is 0 Å². The fourth-order valence-electron chi connectivity index (χ4n) is 1.00.